The van der Waals surface area contributed by atoms with Crippen LogP contribution in [-0.2, 0) is 15.2 Å². The number of nitrogens with two attached hydrogens (primary N) is 1. The first kappa shape index (κ1) is 19.9. The molecule has 4 rings (SSSR count). The molecule has 1 aromatic carbocycles. The fourth-order valence-corrected chi connectivity index (χ4v) is 6.66. The molecule has 1 unspecified atom stereocenters. The van der Waals surface area contributed by atoms with Gasteiger partial charge in [-0.15, -0.1) is 21.5 Å². The molecule has 1 aliphatic rings. The maximum Gasteiger partial charge on any atom is 0.247 e. The first-order valence-electron chi connectivity index (χ1n) is 8.74. The molecule has 3 heterocycles. The highest BCUT2D eigenvalue weighted by atomic mass is 35.5. The fraction of sp³-hybridized carbons (Fsp3) is 0.263. The van der Waals surface area contributed by atoms with Crippen molar-refractivity contribution in [1.29, 1.82) is 0 Å². The summed E-state index contributed by atoms with van der Waals surface area (Å²) in [5, 5.41) is 8.51. The molecule has 2 N–H and O–H groups in total. The van der Waals surface area contributed by atoms with Gasteiger partial charge in [0, 0.05) is 24.4 Å². The molecule has 152 valence electrons. The van der Waals surface area contributed by atoms with Crippen LogP contribution in [0.3, 0.4) is 0 Å². The molecule has 1 aliphatic heterocycles. The highest BCUT2D eigenvalue weighted by Crippen LogP contribution is 2.44. The molecule has 0 fully saturated rings. The van der Waals surface area contributed by atoms with E-state index in [4.69, 9.17) is 21.8 Å². The van der Waals surface area contributed by atoms with Crippen LogP contribution in [0.4, 0.5) is 0 Å². The first-order valence-corrected chi connectivity index (χ1v) is 11.8. The van der Waals surface area contributed by atoms with E-state index in [0.717, 1.165) is 20.9 Å². The third-order valence-electron chi connectivity index (χ3n) is 4.79. The predicted molar refractivity (Wildman–Crippen MR) is 120 cm³/mol. The van der Waals surface area contributed by atoms with E-state index in [1.807, 2.05) is 37.3 Å². The van der Waals surface area contributed by atoms with Gasteiger partial charge in [0.1, 0.15) is 5.54 Å². The molecule has 0 saturated heterocycles. The molecule has 10 heteroatoms. The molecule has 7 nitrogen and oxygen atoms in total. The Kier molecular flexibility index (Phi) is 4.71. The Hall–Kier alpha value is -2.36. The van der Waals surface area contributed by atoms with Crippen LogP contribution in [0.5, 0.6) is 0 Å². The van der Waals surface area contributed by atoms with E-state index < -0.39 is 15.2 Å². The second-order valence-electron chi connectivity index (χ2n) is 7.15. The highest BCUT2D eigenvalue weighted by molar-refractivity contribution is 7.98. The van der Waals surface area contributed by atoms with E-state index in [2.05, 4.69) is 21.1 Å². The summed E-state index contributed by atoms with van der Waals surface area (Å²) in [4.78, 5) is 6.35. The van der Waals surface area contributed by atoms with Gasteiger partial charge in [-0.05, 0) is 36.6 Å². The van der Waals surface area contributed by atoms with Crippen molar-refractivity contribution < 1.29 is 8.63 Å². The Balaban J connectivity index is 1.76. The number of guanidine groups is 1. The van der Waals surface area contributed by atoms with Crippen molar-refractivity contribution in [3.8, 4) is 21.9 Å². The van der Waals surface area contributed by atoms with Crippen LogP contribution in [0.15, 0.2) is 39.7 Å². The highest BCUT2D eigenvalue weighted by Gasteiger charge is 2.39. The Morgan fingerprint density at radius 1 is 1.34 bits per heavy atom. The van der Waals surface area contributed by atoms with Gasteiger partial charge >= 0.3 is 0 Å². The molecule has 2 aromatic heterocycles. The number of nitrogens with zero attached hydrogens (tertiary/aromatic N) is 4. The number of aliphatic imine (C=N–C) groups is 1. The van der Waals surface area contributed by atoms with Gasteiger partial charge in [0.15, 0.2) is 0 Å². The topological polar surface area (TPSA) is 97.6 Å². The van der Waals surface area contributed by atoms with Gasteiger partial charge < -0.3 is 10.2 Å². The SMILES string of the molecule is C=S1(=O)C[C@@](C)(c2sc(-c3cccc(-c4nnc(C)o4)c3)cc2Cl)N=C(N)N1C. The zero-order valence-electron chi connectivity index (χ0n) is 16.2. The van der Waals surface area contributed by atoms with E-state index in [-0.39, 0.29) is 11.7 Å². The van der Waals surface area contributed by atoms with Crippen molar-refractivity contribution >= 4 is 44.5 Å². The second-order valence-corrected chi connectivity index (χ2v) is 11.0. The maximum atomic E-state index is 12.9. The van der Waals surface area contributed by atoms with Gasteiger partial charge in [0.2, 0.25) is 17.7 Å². The molecule has 0 amide bonds. The van der Waals surface area contributed by atoms with Crippen LogP contribution in [0, 0.1) is 6.92 Å². The van der Waals surface area contributed by atoms with Crippen LogP contribution in [0.1, 0.15) is 17.7 Å². The van der Waals surface area contributed by atoms with Crippen LogP contribution in [0.25, 0.3) is 21.9 Å². The molecule has 0 bridgehead atoms. The number of thiophene rings is 1. The Morgan fingerprint density at radius 2 is 2.07 bits per heavy atom. The summed E-state index contributed by atoms with van der Waals surface area (Å²) >= 11 is 8.09. The summed E-state index contributed by atoms with van der Waals surface area (Å²) in [7, 11) is -0.942. The van der Waals surface area contributed by atoms with E-state index in [0.29, 0.717) is 16.8 Å². The normalized spacial score (nSPS) is 24.6. The number of aryl methyl sites for hydroxylation is 1. The first-order chi connectivity index (χ1) is 13.6. The Morgan fingerprint density at radius 3 is 2.72 bits per heavy atom. The molecular formula is C19H20ClN5O2S2. The lowest BCUT2D eigenvalue weighted by atomic mass is 10.0. The van der Waals surface area contributed by atoms with Crippen molar-refractivity contribution in [3.05, 3.63) is 46.1 Å². The largest absolute Gasteiger partial charge is 0.421 e. The van der Waals surface area contributed by atoms with Crippen molar-refractivity contribution in [1.82, 2.24) is 14.5 Å². The zero-order chi connectivity index (χ0) is 21.0. The van der Waals surface area contributed by atoms with Crippen LogP contribution >= 0.6 is 22.9 Å². The van der Waals surface area contributed by atoms with Crippen molar-refractivity contribution in [2.24, 2.45) is 10.7 Å². The molecule has 0 radical (unpaired) electrons. The summed E-state index contributed by atoms with van der Waals surface area (Å²) in [5.74, 6) is 5.25. The monoisotopic (exact) mass is 449 g/mol. The summed E-state index contributed by atoms with van der Waals surface area (Å²) in [6, 6.07) is 9.68. The third-order valence-corrected chi connectivity index (χ3v) is 8.83. The number of hydrogen-bond donors (Lipinski definition) is 1. The fourth-order valence-electron chi connectivity index (χ4n) is 3.28. The lowest BCUT2D eigenvalue weighted by molar-refractivity contribution is 0.522. The van der Waals surface area contributed by atoms with Crippen LogP contribution < -0.4 is 5.73 Å². The van der Waals surface area contributed by atoms with Crippen LogP contribution in [-0.4, -0.2) is 43.3 Å². The van der Waals surface area contributed by atoms with Crippen molar-refractivity contribution in [3.63, 3.8) is 0 Å². The maximum absolute atomic E-state index is 12.9. The minimum atomic E-state index is -2.58. The van der Waals surface area contributed by atoms with E-state index in [9.17, 15) is 4.21 Å². The number of halogens is 1. The molecule has 29 heavy (non-hydrogen) atoms. The number of rotatable bonds is 3. The summed E-state index contributed by atoms with van der Waals surface area (Å²) in [6.45, 7) is 3.64. The molecular weight excluding hydrogens is 430 g/mol. The summed E-state index contributed by atoms with van der Waals surface area (Å²) in [5.41, 5.74) is 6.99. The second kappa shape index (κ2) is 6.86. The Labute approximate surface area is 178 Å². The average molecular weight is 450 g/mol. The molecule has 2 atom stereocenters. The van der Waals surface area contributed by atoms with Gasteiger partial charge in [-0.3, -0.25) is 4.31 Å². The van der Waals surface area contributed by atoms with Crippen molar-refractivity contribution in [2.75, 3.05) is 12.8 Å². The molecule has 3 aromatic rings. The zero-order valence-corrected chi connectivity index (χ0v) is 18.6. The predicted octanol–water partition coefficient (Wildman–Crippen LogP) is 3.53. The van der Waals surface area contributed by atoms with Gasteiger partial charge in [-0.2, -0.15) is 0 Å². The molecule has 0 saturated carbocycles. The minimum Gasteiger partial charge on any atom is -0.421 e. The number of hydrogen-bond acceptors (Lipinski definition) is 7. The quantitative estimate of drug-likeness (QED) is 0.617. The molecule has 0 aliphatic carbocycles. The summed E-state index contributed by atoms with van der Waals surface area (Å²) < 4.78 is 19.9. The lowest BCUT2D eigenvalue weighted by Crippen LogP contribution is -2.50. The number of aromatic nitrogens is 2. The average Bonchev–Trinajstić information content (AvgIpc) is 3.26. The van der Waals surface area contributed by atoms with Crippen molar-refractivity contribution in [2.45, 2.75) is 19.4 Å². The van der Waals surface area contributed by atoms with Crippen LogP contribution in [0.2, 0.25) is 5.02 Å². The number of benzene rings is 1. The lowest BCUT2D eigenvalue weighted by Gasteiger charge is -2.36. The van der Waals surface area contributed by atoms with Gasteiger partial charge in [-0.25, -0.2) is 9.20 Å². The van der Waals surface area contributed by atoms with Gasteiger partial charge in [0.25, 0.3) is 0 Å². The standard InChI is InChI=1S/C19H20ClN5O2S2/c1-11-23-24-17(27-11)13-7-5-6-12(8-13)15-9-14(20)16(28-15)19(2)10-29(4,26)25(3)18(21)22-19/h5-9H,4,10H2,1-3H3,(H2,21,22)/t19-,29?/m0/s1. The van der Waals surface area contributed by atoms with E-state index in [1.54, 1.807) is 14.0 Å². The molecule has 0 spiro atoms. The summed E-state index contributed by atoms with van der Waals surface area (Å²) in [6.07, 6.45) is 0. The third kappa shape index (κ3) is 3.54. The van der Waals surface area contributed by atoms with Gasteiger partial charge in [-0.1, -0.05) is 23.7 Å². The van der Waals surface area contributed by atoms with Gasteiger partial charge in [0.05, 0.1) is 25.4 Å². The Bertz CT molecular complexity index is 1230. The minimum absolute atomic E-state index is 0.193. The van der Waals surface area contributed by atoms with E-state index in [1.165, 1.54) is 15.6 Å². The smallest absolute Gasteiger partial charge is 0.247 e. The van der Waals surface area contributed by atoms with E-state index >= 15 is 0 Å².